The van der Waals surface area contributed by atoms with Crippen LogP contribution in [0.25, 0.3) is 0 Å². The molecule has 0 aromatic carbocycles. The number of carboxylic acids is 1. The van der Waals surface area contributed by atoms with Crippen LogP contribution in [0.2, 0.25) is 0 Å². The van der Waals surface area contributed by atoms with Crippen molar-refractivity contribution in [2.24, 2.45) is 56.7 Å². The zero-order valence-electron chi connectivity index (χ0n) is 32.6. The Morgan fingerprint density at radius 3 is 2.31 bits per heavy atom. The van der Waals surface area contributed by atoms with Crippen LogP contribution in [-0.2, 0) is 19.1 Å². The molecule has 1 N–H and O–H groups in total. The van der Waals surface area contributed by atoms with Gasteiger partial charge in [-0.05, 0) is 130 Å². The van der Waals surface area contributed by atoms with Gasteiger partial charge in [0.2, 0.25) is 0 Å². The molecule has 0 saturated heterocycles. The number of amides is 1. The minimum Gasteiger partial charge on any atom is -0.481 e. The zero-order valence-corrected chi connectivity index (χ0v) is 32.6. The second-order valence-corrected chi connectivity index (χ2v) is 19.2. The van der Waals surface area contributed by atoms with Gasteiger partial charge in [-0.2, -0.15) is 0 Å². The van der Waals surface area contributed by atoms with Crippen LogP contribution >= 0.6 is 0 Å². The highest BCUT2D eigenvalue weighted by molar-refractivity contribution is 6.00. The summed E-state index contributed by atoms with van der Waals surface area (Å²) >= 11 is 0. The Balaban J connectivity index is 0.00000523. The summed E-state index contributed by atoms with van der Waals surface area (Å²) in [5.74, 6) is 0.873. The van der Waals surface area contributed by atoms with Crippen LogP contribution in [0.3, 0.4) is 0 Å². The van der Waals surface area contributed by atoms with Crippen molar-refractivity contribution in [3.05, 3.63) is 41.2 Å². The Bertz CT molecular complexity index is 1600. The Kier molecular flexibility index (Phi) is 10.8. The Labute approximate surface area is 312 Å². The van der Waals surface area contributed by atoms with Crippen LogP contribution < -0.4 is 0 Å². The van der Waals surface area contributed by atoms with E-state index in [1.807, 2.05) is 19.2 Å². The summed E-state index contributed by atoms with van der Waals surface area (Å²) in [5.41, 5.74) is 1.68. The van der Waals surface area contributed by atoms with E-state index in [0.29, 0.717) is 48.1 Å². The number of aliphatic carboxylic acids is 1. The Morgan fingerprint density at radius 2 is 1.67 bits per heavy atom. The van der Waals surface area contributed by atoms with Crippen LogP contribution in [0.1, 0.15) is 144 Å². The Morgan fingerprint density at radius 1 is 0.981 bits per heavy atom. The summed E-state index contributed by atoms with van der Waals surface area (Å²) in [6, 6.07) is 5.43. The monoisotopic (exact) mass is 718 g/mol. The molecule has 8 nitrogen and oxygen atoms in total. The van der Waals surface area contributed by atoms with Gasteiger partial charge in [-0.25, -0.2) is 0 Å². The van der Waals surface area contributed by atoms with Crippen molar-refractivity contribution < 1.29 is 29.0 Å². The fourth-order valence-corrected chi connectivity index (χ4v) is 12.7. The third-order valence-electron chi connectivity index (χ3n) is 15.3. The lowest BCUT2D eigenvalue weighted by molar-refractivity contribution is -0.213. The molecule has 8 heteroatoms. The van der Waals surface area contributed by atoms with Gasteiger partial charge in [0.25, 0.3) is 5.91 Å². The highest BCUT2D eigenvalue weighted by Gasteiger charge is 2.66. The van der Waals surface area contributed by atoms with Crippen molar-refractivity contribution in [2.45, 2.75) is 140 Å². The first-order chi connectivity index (χ1) is 23.8. The normalized spacial score (nSPS) is 35.0. The summed E-state index contributed by atoms with van der Waals surface area (Å²) in [6.07, 6.45) is 11.0. The van der Waals surface area contributed by atoms with E-state index in [0.717, 1.165) is 63.4 Å². The van der Waals surface area contributed by atoms with Crippen LogP contribution in [0, 0.1) is 56.7 Å². The van der Waals surface area contributed by atoms with Crippen LogP contribution in [0.4, 0.5) is 0 Å². The zero-order chi connectivity index (χ0) is 37.3. The molecule has 0 spiro atoms. The van der Waals surface area contributed by atoms with Crippen LogP contribution in [0.5, 0.6) is 0 Å². The van der Waals surface area contributed by atoms with Gasteiger partial charge in [-0.1, -0.05) is 60.6 Å². The van der Waals surface area contributed by atoms with E-state index in [9.17, 15) is 24.3 Å². The molecule has 8 unspecified atom stereocenters. The molecule has 1 aromatic rings. The number of ketones is 1. The van der Waals surface area contributed by atoms with E-state index in [1.165, 1.54) is 5.57 Å². The number of hydrogen-bond acceptors (Lipinski definition) is 6. The highest BCUT2D eigenvalue weighted by atomic mass is 16.5. The molecule has 4 saturated carbocycles. The molecule has 0 radical (unpaired) electrons. The number of nitrogens with zero attached hydrogens (tertiary/aromatic N) is 2. The number of allylic oxidation sites excluding steroid dienone is 2. The van der Waals surface area contributed by atoms with Crippen molar-refractivity contribution in [1.29, 1.82) is 0 Å². The lowest BCUT2D eigenvalue weighted by Gasteiger charge is -2.69. The summed E-state index contributed by atoms with van der Waals surface area (Å²) < 4.78 is 6.15. The van der Waals surface area contributed by atoms with Gasteiger partial charge in [0.05, 0.1) is 11.8 Å². The van der Waals surface area contributed by atoms with E-state index >= 15 is 0 Å². The number of Topliss-reactive ketones (excluding diaryl/α,β-unsaturated/α-hetero) is 1. The molecule has 52 heavy (non-hydrogen) atoms. The van der Waals surface area contributed by atoms with Gasteiger partial charge in [0, 0.05) is 37.0 Å². The largest absolute Gasteiger partial charge is 0.481 e. The maximum absolute atomic E-state index is 13.9. The number of pyridine rings is 1. The molecule has 0 bridgehead atoms. The topological polar surface area (TPSA) is 114 Å². The minimum absolute atomic E-state index is 0. The van der Waals surface area contributed by atoms with Crippen molar-refractivity contribution in [3.8, 4) is 0 Å². The van der Waals surface area contributed by atoms with Gasteiger partial charge in [0.15, 0.2) is 5.78 Å². The number of carbonyl (C=O) groups excluding carboxylic acids is 3. The first kappa shape index (κ1) is 40.2. The molecule has 1 heterocycles. The molecule has 1 aromatic heterocycles. The molecule has 288 valence electrons. The third kappa shape index (κ3) is 6.46. The van der Waals surface area contributed by atoms with Crippen molar-refractivity contribution in [3.63, 3.8) is 0 Å². The predicted molar refractivity (Wildman–Crippen MR) is 203 cm³/mol. The van der Waals surface area contributed by atoms with Crippen LogP contribution in [0.15, 0.2) is 35.5 Å². The maximum Gasteiger partial charge on any atom is 0.309 e. The molecule has 5 aliphatic carbocycles. The van der Waals surface area contributed by atoms with Gasteiger partial charge < -0.3 is 14.7 Å². The molecular weight excluding hydrogens is 652 g/mol. The molecular formula is C44H66N2O6. The molecule has 0 aliphatic heterocycles. The predicted octanol–water partition coefficient (Wildman–Crippen LogP) is 9.18. The minimum atomic E-state index is -1.16. The average molecular weight is 719 g/mol. The summed E-state index contributed by atoms with van der Waals surface area (Å²) in [5, 5.41) is 9.59. The smallest absolute Gasteiger partial charge is 0.309 e. The first-order valence-corrected chi connectivity index (χ1v) is 19.7. The molecule has 4 fully saturated rings. The molecule has 6 rings (SSSR count). The Hall–Kier alpha value is -3.03. The van der Waals surface area contributed by atoms with Crippen LogP contribution in [-0.4, -0.2) is 58.3 Å². The second kappa shape index (κ2) is 14.0. The molecule has 1 amide bonds. The number of carbonyl (C=O) groups is 4. The van der Waals surface area contributed by atoms with E-state index in [2.05, 4.69) is 46.5 Å². The summed E-state index contributed by atoms with van der Waals surface area (Å²) in [4.78, 5) is 58.0. The van der Waals surface area contributed by atoms with E-state index in [4.69, 9.17) is 4.74 Å². The fourth-order valence-electron chi connectivity index (χ4n) is 12.7. The van der Waals surface area contributed by atoms with Gasteiger partial charge >= 0.3 is 11.9 Å². The standard InChI is InChI=1S/C43H62N2O6.CH4/c1-26(2)35-30(46)24-43(21-23-45(9)37(48)29-12-10-11-22-44-29)20-15-28-27(36(35)43)13-14-32-41(28,7)18-16-31-40(5,6)33(17-19-42(31,32)8)51-34(47)25-39(3,4)38(49)50;/h10-12,22,26-28,31-33H,13-21,23-25H2,1-9H3,(H,49,50);1H4. The highest BCUT2D eigenvalue weighted by Crippen LogP contribution is 2.73. The number of hydrogen-bond donors (Lipinski definition) is 1. The van der Waals surface area contributed by atoms with Gasteiger partial charge in [0.1, 0.15) is 11.8 Å². The van der Waals surface area contributed by atoms with Crippen molar-refractivity contribution in [1.82, 2.24) is 9.88 Å². The third-order valence-corrected chi connectivity index (χ3v) is 15.3. The average Bonchev–Trinajstić information content (AvgIpc) is 3.37. The lowest BCUT2D eigenvalue weighted by Crippen LogP contribution is -2.63. The second-order valence-electron chi connectivity index (χ2n) is 19.2. The number of ether oxygens (including phenoxy) is 1. The van der Waals surface area contributed by atoms with Gasteiger partial charge in [-0.15, -0.1) is 0 Å². The summed E-state index contributed by atoms with van der Waals surface area (Å²) in [6.45, 7) is 17.8. The fraction of sp³-hybridized carbons (Fsp3) is 0.750. The van der Waals surface area contributed by atoms with E-state index in [1.54, 1.807) is 31.0 Å². The number of carboxylic acid groups (broad SMARTS) is 1. The number of esters is 1. The van der Waals surface area contributed by atoms with E-state index in [-0.39, 0.29) is 53.4 Å². The first-order valence-electron chi connectivity index (χ1n) is 19.7. The number of rotatable bonds is 9. The number of fused-ring (bicyclic) bond motifs is 7. The number of aromatic nitrogens is 1. The SMILES string of the molecule is C.CC(C)C1=C2C3CCC4C(C)(CCC5C(C)(C)C(OC(=O)CC(C)(C)C(=O)O)CCC54C)C3CCC2(CCN(C)C(=O)c2ccccn2)CC1=O. The summed E-state index contributed by atoms with van der Waals surface area (Å²) in [7, 11) is 1.86. The van der Waals surface area contributed by atoms with Crippen molar-refractivity contribution >= 4 is 23.6 Å². The van der Waals surface area contributed by atoms with Crippen molar-refractivity contribution in [2.75, 3.05) is 13.6 Å². The maximum atomic E-state index is 13.9. The lowest BCUT2D eigenvalue weighted by atomic mass is 9.36. The quantitative estimate of drug-likeness (QED) is 0.253. The molecule has 8 atom stereocenters. The van der Waals surface area contributed by atoms with E-state index < -0.39 is 17.4 Å². The van der Waals surface area contributed by atoms with Gasteiger partial charge in [-0.3, -0.25) is 24.2 Å². The molecule has 5 aliphatic rings.